The van der Waals surface area contributed by atoms with Gasteiger partial charge in [-0.3, -0.25) is 0 Å². The topological polar surface area (TPSA) is 28.7 Å². The minimum Gasteiger partial charge on any atom is -0.351 e. The van der Waals surface area contributed by atoms with Gasteiger partial charge in [-0.05, 0) is 35.9 Å². The molecule has 0 aliphatic carbocycles. The summed E-state index contributed by atoms with van der Waals surface area (Å²) in [5.74, 6) is 0. The van der Waals surface area contributed by atoms with Crippen LogP contribution in [0.2, 0.25) is 0 Å². The standard InChI is InChI=1S/C14H11BrN2/c1-17-7-3-6-14(17)9-12(10-16)11-4-2-5-13(15)8-11/h2-9H,1H3/b12-9-. The number of allylic oxidation sites excluding steroid dienone is 1. The van der Waals surface area contributed by atoms with Gasteiger partial charge in [0.1, 0.15) is 0 Å². The monoisotopic (exact) mass is 286 g/mol. The molecule has 0 amide bonds. The highest BCUT2D eigenvalue weighted by molar-refractivity contribution is 9.10. The fraction of sp³-hybridized carbons (Fsp3) is 0.0714. The van der Waals surface area contributed by atoms with Crippen LogP contribution in [0.3, 0.4) is 0 Å². The summed E-state index contributed by atoms with van der Waals surface area (Å²) >= 11 is 3.41. The molecule has 0 radical (unpaired) electrons. The Kier molecular flexibility index (Phi) is 3.46. The zero-order valence-electron chi connectivity index (χ0n) is 9.39. The number of rotatable bonds is 2. The molecule has 1 aromatic carbocycles. The molecule has 2 nitrogen and oxygen atoms in total. The van der Waals surface area contributed by atoms with Crippen molar-refractivity contribution in [2.75, 3.05) is 0 Å². The summed E-state index contributed by atoms with van der Waals surface area (Å²) in [6, 6.07) is 13.9. The zero-order chi connectivity index (χ0) is 12.3. The van der Waals surface area contributed by atoms with Crippen molar-refractivity contribution < 1.29 is 0 Å². The van der Waals surface area contributed by atoms with Crippen LogP contribution in [0.4, 0.5) is 0 Å². The van der Waals surface area contributed by atoms with E-state index in [0.717, 1.165) is 15.7 Å². The lowest BCUT2D eigenvalue weighted by atomic mass is 10.1. The van der Waals surface area contributed by atoms with Gasteiger partial charge in [-0.2, -0.15) is 5.26 Å². The summed E-state index contributed by atoms with van der Waals surface area (Å²) in [7, 11) is 1.96. The lowest BCUT2D eigenvalue weighted by molar-refractivity contribution is 0.915. The van der Waals surface area contributed by atoms with Gasteiger partial charge < -0.3 is 4.57 Å². The second kappa shape index (κ2) is 5.03. The van der Waals surface area contributed by atoms with Crippen molar-refractivity contribution in [3.63, 3.8) is 0 Å². The highest BCUT2D eigenvalue weighted by atomic mass is 79.9. The van der Waals surface area contributed by atoms with Gasteiger partial charge in [0.2, 0.25) is 0 Å². The van der Waals surface area contributed by atoms with Gasteiger partial charge in [-0.15, -0.1) is 0 Å². The van der Waals surface area contributed by atoms with E-state index in [9.17, 15) is 5.26 Å². The molecule has 0 fully saturated rings. The Labute approximate surface area is 109 Å². The van der Waals surface area contributed by atoms with Crippen LogP contribution >= 0.6 is 15.9 Å². The first kappa shape index (κ1) is 11.7. The van der Waals surface area contributed by atoms with Crippen LogP contribution in [-0.4, -0.2) is 4.57 Å². The number of nitrogens with zero attached hydrogens (tertiary/aromatic N) is 2. The van der Waals surface area contributed by atoms with E-state index in [2.05, 4.69) is 22.0 Å². The van der Waals surface area contributed by atoms with Crippen molar-refractivity contribution in [2.45, 2.75) is 0 Å². The Hall–Kier alpha value is -1.79. The molecule has 2 rings (SSSR count). The first-order valence-electron chi connectivity index (χ1n) is 5.20. The van der Waals surface area contributed by atoms with Crippen molar-refractivity contribution in [3.05, 3.63) is 58.3 Å². The Morgan fingerprint density at radius 3 is 2.76 bits per heavy atom. The predicted molar refractivity (Wildman–Crippen MR) is 73.0 cm³/mol. The van der Waals surface area contributed by atoms with Crippen molar-refractivity contribution in [1.29, 1.82) is 5.26 Å². The number of aryl methyl sites for hydroxylation is 1. The van der Waals surface area contributed by atoms with Crippen molar-refractivity contribution in [1.82, 2.24) is 4.57 Å². The first-order valence-corrected chi connectivity index (χ1v) is 5.99. The first-order chi connectivity index (χ1) is 8.20. The molecule has 2 aromatic rings. The average molecular weight is 287 g/mol. The largest absolute Gasteiger partial charge is 0.351 e. The fourth-order valence-electron chi connectivity index (χ4n) is 1.61. The van der Waals surface area contributed by atoms with Crippen LogP contribution < -0.4 is 0 Å². The fourth-order valence-corrected chi connectivity index (χ4v) is 2.01. The molecular weight excluding hydrogens is 276 g/mol. The Balaban J connectivity index is 2.45. The number of hydrogen-bond acceptors (Lipinski definition) is 1. The van der Waals surface area contributed by atoms with Gasteiger partial charge in [0.25, 0.3) is 0 Å². The number of nitriles is 1. The molecule has 1 heterocycles. The molecule has 3 heteroatoms. The zero-order valence-corrected chi connectivity index (χ0v) is 11.0. The number of aromatic nitrogens is 1. The second-order valence-electron chi connectivity index (χ2n) is 3.72. The molecule has 0 saturated heterocycles. The molecule has 0 saturated carbocycles. The van der Waals surface area contributed by atoms with E-state index >= 15 is 0 Å². The van der Waals surface area contributed by atoms with Crippen LogP contribution in [0.1, 0.15) is 11.3 Å². The van der Waals surface area contributed by atoms with E-state index in [0.29, 0.717) is 5.57 Å². The molecule has 84 valence electrons. The summed E-state index contributed by atoms with van der Waals surface area (Å²) in [5.41, 5.74) is 2.60. The van der Waals surface area contributed by atoms with Crippen LogP contribution in [0, 0.1) is 11.3 Å². The van der Waals surface area contributed by atoms with E-state index in [4.69, 9.17) is 0 Å². The quantitative estimate of drug-likeness (QED) is 0.771. The third-order valence-electron chi connectivity index (χ3n) is 2.53. The van der Waals surface area contributed by atoms with Gasteiger partial charge >= 0.3 is 0 Å². The Bertz CT molecular complexity index is 603. The number of hydrogen-bond donors (Lipinski definition) is 0. The summed E-state index contributed by atoms with van der Waals surface area (Å²) in [6.45, 7) is 0. The van der Waals surface area contributed by atoms with Crippen LogP contribution in [0.25, 0.3) is 11.6 Å². The minimum absolute atomic E-state index is 0.660. The highest BCUT2D eigenvalue weighted by Crippen LogP contribution is 2.21. The SMILES string of the molecule is Cn1cccc1/C=C(/C#N)c1cccc(Br)c1. The van der Waals surface area contributed by atoms with E-state index in [-0.39, 0.29) is 0 Å². The molecular formula is C14H11BrN2. The van der Waals surface area contributed by atoms with Crippen molar-refractivity contribution in [3.8, 4) is 6.07 Å². The third kappa shape index (κ3) is 2.66. The molecule has 0 unspecified atom stereocenters. The molecule has 1 aromatic heterocycles. The minimum atomic E-state index is 0.660. The van der Waals surface area contributed by atoms with Crippen LogP contribution in [-0.2, 0) is 7.05 Å². The van der Waals surface area contributed by atoms with Crippen LogP contribution in [0.5, 0.6) is 0 Å². The van der Waals surface area contributed by atoms with Gasteiger partial charge in [0.05, 0.1) is 11.6 Å². The molecule has 0 spiro atoms. The lowest BCUT2D eigenvalue weighted by Crippen LogP contribution is -1.89. The summed E-state index contributed by atoms with van der Waals surface area (Å²) in [6.07, 6.45) is 3.85. The summed E-state index contributed by atoms with van der Waals surface area (Å²) < 4.78 is 2.96. The average Bonchev–Trinajstić information content (AvgIpc) is 2.71. The predicted octanol–water partition coefficient (Wildman–Crippen LogP) is 3.85. The van der Waals surface area contributed by atoms with Gasteiger partial charge in [-0.25, -0.2) is 0 Å². The molecule has 17 heavy (non-hydrogen) atoms. The normalized spacial score (nSPS) is 11.2. The number of benzene rings is 1. The van der Waals surface area contributed by atoms with Crippen molar-refractivity contribution >= 4 is 27.6 Å². The maximum Gasteiger partial charge on any atom is 0.0998 e. The van der Waals surface area contributed by atoms with Gasteiger partial charge in [-0.1, -0.05) is 28.1 Å². The molecule has 0 aliphatic heterocycles. The Morgan fingerprint density at radius 1 is 1.35 bits per heavy atom. The lowest BCUT2D eigenvalue weighted by Gasteiger charge is -2.01. The molecule has 0 bridgehead atoms. The molecule has 0 atom stereocenters. The van der Waals surface area contributed by atoms with Gasteiger partial charge in [0, 0.05) is 23.4 Å². The van der Waals surface area contributed by atoms with Gasteiger partial charge in [0.15, 0.2) is 0 Å². The van der Waals surface area contributed by atoms with Crippen LogP contribution in [0.15, 0.2) is 47.1 Å². The maximum absolute atomic E-state index is 9.22. The summed E-state index contributed by atoms with van der Waals surface area (Å²) in [4.78, 5) is 0. The third-order valence-corrected chi connectivity index (χ3v) is 3.03. The summed E-state index contributed by atoms with van der Waals surface area (Å²) in [5, 5.41) is 9.22. The Morgan fingerprint density at radius 2 is 2.18 bits per heavy atom. The van der Waals surface area contributed by atoms with Crippen molar-refractivity contribution in [2.24, 2.45) is 7.05 Å². The molecule has 0 aliphatic rings. The van der Waals surface area contributed by atoms with E-state index < -0.39 is 0 Å². The smallest absolute Gasteiger partial charge is 0.0998 e. The highest BCUT2D eigenvalue weighted by Gasteiger charge is 2.02. The number of halogens is 1. The van der Waals surface area contributed by atoms with E-state index in [1.165, 1.54) is 0 Å². The van der Waals surface area contributed by atoms with E-state index in [1.54, 1.807) is 0 Å². The molecule has 0 N–H and O–H groups in total. The maximum atomic E-state index is 9.22. The second-order valence-corrected chi connectivity index (χ2v) is 4.64. The van der Waals surface area contributed by atoms with E-state index in [1.807, 2.05) is 60.3 Å².